The number of ether oxygens (including phenoxy) is 1. The van der Waals surface area contributed by atoms with Gasteiger partial charge in [-0.25, -0.2) is 0 Å². The van der Waals surface area contributed by atoms with Gasteiger partial charge in [0.05, 0.1) is 22.0 Å². The molecular weight excluding hydrogens is 427 g/mol. The normalized spacial score (nSPS) is 10.4. The summed E-state index contributed by atoms with van der Waals surface area (Å²) in [5.74, 6) is -0.340. The molecule has 1 heterocycles. The smallest absolute Gasteiger partial charge is 0.291 e. The van der Waals surface area contributed by atoms with Crippen molar-refractivity contribution in [3.05, 3.63) is 75.6 Å². The van der Waals surface area contributed by atoms with E-state index in [9.17, 15) is 9.59 Å². The first kappa shape index (κ1) is 20.1. The summed E-state index contributed by atoms with van der Waals surface area (Å²) in [4.78, 5) is 24.1. The summed E-state index contributed by atoms with van der Waals surface area (Å²) in [6, 6.07) is 12.5. The Morgan fingerprint density at radius 3 is 2.46 bits per heavy atom. The van der Waals surface area contributed by atoms with Gasteiger partial charge in [0.1, 0.15) is 5.75 Å². The van der Waals surface area contributed by atoms with E-state index in [-0.39, 0.29) is 17.4 Å². The molecule has 6 nitrogen and oxygen atoms in total. The van der Waals surface area contributed by atoms with E-state index < -0.39 is 11.8 Å². The van der Waals surface area contributed by atoms with Crippen molar-refractivity contribution in [2.45, 2.75) is 0 Å². The van der Waals surface area contributed by atoms with Crippen molar-refractivity contribution in [3.63, 3.8) is 0 Å². The van der Waals surface area contributed by atoms with E-state index in [1.165, 1.54) is 24.5 Å². The number of benzene rings is 2. The van der Waals surface area contributed by atoms with Gasteiger partial charge < -0.3 is 19.8 Å². The van der Waals surface area contributed by atoms with E-state index >= 15 is 0 Å². The second-order valence-electron chi connectivity index (χ2n) is 5.54. The summed E-state index contributed by atoms with van der Waals surface area (Å²) < 4.78 is 10.4. The standard InChI is InChI=1S/C19H13Cl3N2O4/c20-11-3-6-16(14(22)8-11)28-10-18(25)23-12-4-5-15(13(21)9-12)24-19(26)17-2-1-7-27-17/h1-9H,10H2,(H,23,25)(H,24,26). The minimum absolute atomic E-state index is 0.159. The highest BCUT2D eigenvalue weighted by atomic mass is 35.5. The largest absolute Gasteiger partial charge is 0.482 e. The monoisotopic (exact) mass is 438 g/mol. The predicted molar refractivity (Wildman–Crippen MR) is 109 cm³/mol. The van der Waals surface area contributed by atoms with Crippen LogP contribution in [0.1, 0.15) is 10.6 Å². The maximum atomic E-state index is 12.1. The maximum absolute atomic E-state index is 12.1. The molecule has 0 spiro atoms. The van der Waals surface area contributed by atoms with Crippen LogP contribution in [0.2, 0.25) is 15.1 Å². The van der Waals surface area contributed by atoms with Crippen molar-refractivity contribution in [3.8, 4) is 5.75 Å². The van der Waals surface area contributed by atoms with Gasteiger partial charge in [-0.2, -0.15) is 0 Å². The van der Waals surface area contributed by atoms with Crippen LogP contribution in [0.4, 0.5) is 11.4 Å². The molecule has 2 N–H and O–H groups in total. The molecule has 3 aromatic rings. The zero-order valence-corrected chi connectivity index (χ0v) is 16.4. The average Bonchev–Trinajstić information content (AvgIpc) is 3.18. The molecule has 9 heteroatoms. The topological polar surface area (TPSA) is 80.6 Å². The van der Waals surface area contributed by atoms with Gasteiger partial charge in [-0.15, -0.1) is 0 Å². The molecule has 0 aliphatic rings. The summed E-state index contributed by atoms with van der Waals surface area (Å²) in [5.41, 5.74) is 0.821. The van der Waals surface area contributed by atoms with E-state index in [0.29, 0.717) is 27.2 Å². The molecule has 0 saturated heterocycles. The Balaban J connectivity index is 1.57. The van der Waals surface area contributed by atoms with Gasteiger partial charge in [0, 0.05) is 10.7 Å². The molecule has 0 fully saturated rings. The number of carbonyl (C=O) groups is 2. The van der Waals surface area contributed by atoms with E-state index in [0.717, 1.165) is 0 Å². The minimum atomic E-state index is -0.433. The second kappa shape index (κ2) is 9.01. The number of furan rings is 1. The molecule has 2 aromatic carbocycles. The van der Waals surface area contributed by atoms with E-state index in [4.69, 9.17) is 44.0 Å². The Morgan fingerprint density at radius 1 is 0.964 bits per heavy atom. The van der Waals surface area contributed by atoms with E-state index in [2.05, 4.69) is 10.6 Å². The molecule has 0 aliphatic heterocycles. The first-order chi connectivity index (χ1) is 13.4. The Hall–Kier alpha value is -2.67. The molecule has 0 unspecified atom stereocenters. The fourth-order valence-electron chi connectivity index (χ4n) is 2.22. The summed E-state index contributed by atoms with van der Waals surface area (Å²) in [5, 5.41) is 6.29. The molecule has 0 aliphatic carbocycles. The van der Waals surface area contributed by atoms with Crippen LogP contribution < -0.4 is 15.4 Å². The van der Waals surface area contributed by atoms with Crippen LogP contribution in [0, 0.1) is 0 Å². The van der Waals surface area contributed by atoms with Crippen molar-refractivity contribution >= 4 is 58.0 Å². The number of rotatable bonds is 6. The molecule has 1 aromatic heterocycles. The highest BCUT2D eigenvalue weighted by Gasteiger charge is 2.12. The first-order valence-electron chi connectivity index (χ1n) is 7.94. The number of hydrogen-bond acceptors (Lipinski definition) is 4. The highest BCUT2D eigenvalue weighted by molar-refractivity contribution is 6.35. The van der Waals surface area contributed by atoms with Crippen LogP contribution in [0.3, 0.4) is 0 Å². The van der Waals surface area contributed by atoms with E-state index in [1.807, 2.05) is 0 Å². The molecular formula is C19H13Cl3N2O4. The van der Waals surface area contributed by atoms with Gasteiger partial charge in [0.25, 0.3) is 11.8 Å². The molecule has 0 atom stereocenters. The number of anilines is 2. The summed E-state index contributed by atoms with van der Waals surface area (Å²) in [6.45, 7) is -0.254. The Morgan fingerprint density at radius 2 is 1.79 bits per heavy atom. The van der Waals surface area contributed by atoms with Crippen LogP contribution in [0.5, 0.6) is 5.75 Å². The summed E-state index contributed by atoms with van der Waals surface area (Å²) in [6.07, 6.45) is 1.40. The lowest BCUT2D eigenvalue weighted by atomic mass is 10.2. The van der Waals surface area contributed by atoms with Gasteiger partial charge in [0.15, 0.2) is 12.4 Å². The molecule has 0 bridgehead atoms. The van der Waals surface area contributed by atoms with Crippen molar-refractivity contribution in [1.29, 1.82) is 0 Å². The molecule has 0 saturated carbocycles. The van der Waals surface area contributed by atoms with E-state index in [1.54, 1.807) is 30.3 Å². The van der Waals surface area contributed by atoms with Crippen LogP contribution in [0.15, 0.2) is 59.2 Å². The van der Waals surface area contributed by atoms with Gasteiger partial charge in [-0.1, -0.05) is 34.8 Å². The minimum Gasteiger partial charge on any atom is -0.482 e. The van der Waals surface area contributed by atoms with Crippen LogP contribution >= 0.6 is 34.8 Å². The fraction of sp³-hybridized carbons (Fsp3) is 0.0526. The lowest BCUT2D eigenvalue weighted by molar-refractivity contribution is -0.118. The van der Waals surface area contributed by atoms with Gasteiger partial charge in [0.2, 0.25) is 0 Å². The fourth-order valence-corrected chi connectivity index (χ4v) is 2.91. The molecule has 0 radical (unpaired) electrons. The summed E-state index contributed by atoms with van der Waals surface area (Å²) in [7, 11) is 0. The van der Waals surface area contributed by atoms with Gasteiger partial charge >= 0.3 is 0 Å². The van der Waals surface area contributed by atoms with Crippen LogP contribution in [-0.2, 0) is 4.79 Å². The lowest BCUT2D eigenvalue weighted by Crippen LogP contribution is -2.20. The SMILES string of the molecule is O=C(COc1ccc(Cl)cc1Cl)Nc1ccc(NC(=O)c2ccco2)c(Cl)c1. The van der Waals surface area contributed by atoms with Crippen molar-refractivity contribution < 1.29 is 18.7 Å². The Kier molecular flexibility index (Phi) is 6.46. The molecule has 144 valence electrons. The zero-order valence-electron chi connectivity index (χ0n) is 14.2. The van der Waals surface area contributed by atoms with Crippen molar-refractivity contribution in [2.75, 3.05) is 17.2 Å². The van der Waals surface area contributed by atoms with Gasteiger partial charge in [-0.05, 0) is 48.5 Å². The Labute approximate surface area is 175 Å². The quantitative estimate of drug-likeness (QED) is 0.531. The third-order valence-electron chi connectivity index (χ3n) is 3.50. The third kappa shape index (κ3) is 5.19. The van der Waals surface area contributed by atoms with Crippen molar-refractivity contribution in [2.24, 2.45) is 0 Å². The predicted octanol–water partition coefficient (Wildman–Crippen LogP) is 5.51. The number of nitrogens with one attached hydrogen (secondary N) is 2. The highest BCUT2D eigenvalue weighted by Crippen LogP contribution is 2.28. The number of carbonyl (C=O) groups excluding carboxylic acids is 2. The summed E-state index contributed by atoms with van der Waals surface area (Å²) >= 11 is 18.0. The Bertz CT molecular complexity index is 1010. The van der Waals surface area contributed by atoms with Crippen LogP contribution in [0.25, 0.3) is 0 Å². The number of halogens is 3. The maximum Gasteiger partial charge on any atom is 0.291 e. The van der Waals surface area contributed by atoms with Gasteiger partial charge in [-0.3, -0.25) is 9.59 Å². The zero-order chi connectivity index (χ0) is 20.1. The molecule has 2 amide bonds. The average molecular weight is 440 g/mol. The van der Waals surface area contributed by atoms with Crippen molar-refractivity contribution in [1.82, 2.24) is 0 Å². The molecule has 3 rings (SSSR count). The van der Waals surface area contributed by atoms with Crippen LogP contribution in [-0.4, -0.2) is 18.4 Å². The number of amides is 2. The first-order valence-corrected chi connectivity index (χ1v) is 9.08. The number of hydrogen-bond donors (Lipinski definition) is 2. The second-order valence-corrected chi connectivity index (χ2v) is 6.79. The molecule has 28 heavy (non-hydrogen) atoms. The lowest BCUT2D eigenvalue weighted by Gasteiger charge is -2.11. The third-order valence-corrected chi connectivity index (χ3v) is 4.34.